The molecule has 5 heteroatoms. The second kappa shape index (κ2) is 5.03. The normalized spacial score (nSPS) is 11.3. The Balaban J connectivity index is 3.23. The van der Waals surface area contributed by atoms with E-state index in [9.17, 15) is 4.79 Å². The average molecular weight is 221 g/mol. The van der Waals surface area contributed by atoms with Crippen molar-refractivity contribution in [3.63, 3.8) is 0 Å². The number of benzene rings is 1. The monoisotopic (exact) mass is 221 g/mol. The molecule has 1 rings (SSSR count). The summed E-state index contributed by atoms with van der Waals surface area (Å²) in [5, 5.41) is 17.6. The Labute approximate surface area is 92.8 Å². The highest BCUT2D eigenvalue weighted by molar-refractivity contribution is 5.80. The second-order valence-electron chi connectivity index (χ2n) is 3.01. The van der Waals surface area contributed by atoms with Crippen LogP contribution in [0.4, 0.5) is 0 Å². The van der Waals surface area contributed by atoms with Crippen molar-refractivity contribution in [1.29, 1.82) is 5.26 Å². The molecule has 1 aromatic rings. The fourth-order valence-electron chi connectivity index (χ4n) is 1.31. The van der Waals surface area contributed by atoms with E-state index in [1.165, 1.54) is 20.3 Å². The number of methoxy groups -OCH3 is 2. The number of nitriles is 1. The average Bonchev–Trinajstić information content (AvgIpc) is 2.29. The van der Waals surface area contributed by atoms with E-state index in [4.69, 9.17) is 19.8 Å². The van der Waals surface area contributed by atoms with Crippen LogP contribution in [0.2, 0.25) is 0 Å². The summed E-state index contributed by atoms with van der Waals surface area (Å²) in [5.74, 6) is -1.57. The van der Waals surface area contributed by atoms with E-state index in [2.05, 4.69) is 0 Å². The smallest absolute Gasteiger partial charge is 0.325 e. The number of aliphatic carboxylic acids is 1. The molecule has 1 atom stereocenters. The van der Waals surface area contributed by atoms with E-state index in [1.807, 2.05) is 0 Å². The van der Waals surface area contributed by atoms with E-state index < -0.39 is 11.9 Å². The van der Waals surface area contributed by atoms with Gasteiger partial charge in [-0.05, 0) is 12.1 Å². The van der Waals surface area contributed by atoms with Gasteiger partial charge in [-0.1, -0.05) is 0 Å². The number of carboxylic acids is 1. The van der Waals surface area contributed by atoms with Gasteiger partial charge >= 0.3 is 5.97 Å². The summed E-state index contributed by atoms with van der Waals surface area (Å²) in [6.45, 7) is 0. The van der Waals surface area contributed by atoms with Crippen LogP contribution in [0.15, 0.2) is 18.2 Å². The summed E-state index contributed by atoms with van der Waals surface area (Å²) in [6.07, 6.45) is 0. The SMILES string of the molecule is COc1ccc(C(C#N)C(=O)O)c(OC)c1. The van der Waals surface area contributed by atoms with Crippen molar-refractivity contribution in [2.45, 2.75) is 5.92 Å². The maximum Gasteiger partial charge on any atom is 0.325 e. The number of hydrogen-bond donors (Lipinski definition) is 1. The number of ether oxygens (including phenoxy) is 2. The lowest BCUT2D eigenvalue weighted by Crippen LogP contribution is -2.10. The predicted octanol–water partition coefficient (Wildman–Crippen LogP) is 1.40. The molecule has 1 unspecified atom stereocenters. The van der Waals surface area contributed by atoms with E-state index in [-0.39, 0.29) is 0 Å². The van der Waals surface area contributed by atoms with Gasteiger partial charge in [-0.15, -0.1) is 0 Å². The minimum atomic E-state index is -1.24. The fraction of sp³-hybridized carbons (Fsp3) is 0.273. The second-order valence-corrected chi connectivity index (χ2v) is 3.01. The molecule has 84 valence electrons. The number of nitrogens with zero attached hydrogens (tertiary/aromatic N) is 1. The van der Waals surface area contributed by atoms with E-state index in [0.717, 1.165) is 0 Å². The first-order valence-corrected chi connectivity index (χ1v) is 4.48. The van der Waals surface area contributed by atoms with Gasteiger partial charge in [0, 0.05) is 11.6 Å². The molecule has 0 aliphatic carbocycles. The first-order chi connectivity index (χ1) is 7.63. The van der Waals surface area contributed by atoms with Crippen molar-refractivity contribution >= 4 is 5.97 Å². The Kier molecular flexibility index (Phi) is 3.72. The summed E-state index contributed by atoms with van der Waals surface area (Å²) in [7, 11) is 2.90. The zero-order chi connectivity index (χ0) is 12.1. The molecular formula is C11H11NO4. The molecule has 0 aliphatic rings. The van der Waals surface area contributed by atoms with Crippen molar-refractivity contribution in [2.24, 2.45) is 0 Å². The third kappa shape index (κ3) is 2.23. The third-order valence-corrected chi connectivity index (χ3v) is 2.13. The Morgan fingerprint density at radius 3 is 2.56 bits per heavy atom. The summed E-state index contributed by atoms with van der Waals surface area (Å²) in [6, 6.07) is 6.36. The zero-order valence-electron chi connectivity index (χ0n) is 8.93. The molecule has 0 spiro atoms. The number of rotatable bonds is 4. The van der Waals surface area contributed by atoms with Crippen LogP contribution >= 0.6 is 0 Å². The molecule has 0 aliphatic heterocycles. The maximum atomic E-state index is 10.8. The fourth-order valence-corrected chi connectivity index (χ4v) is 1.31. The maximum absolute atomic E-state index is 10.8. The molecule has 0 heterocycles. The first-order valence-electron chi connectivity index (χ1n) is 4.48. The quantitative estimate of drug-likeness (QED) is 0.831. The lowest BCUT2D eigenvalue weighted by Gasteiger charge is -2.11. The molecule has 1 aromatic carbocycles. The summed E-state index contributed by atoms with van der Waals surface area (Å²) in [4.78, 5) is 10.8. The highest BCUT2D eigenvalue weighted by atomic mass is 16.5. The number of hydrogen-bond acceptors (Lipinski definition) is 4. The summed E-state index contributed by atoms with van der Waals surface area (Å²) >= 11 is 0. The summed E-state index contributed by atoms with van der Waals surface area (Å²) < 4.78 is 10.0. The van der Waals surface area contributed by atoms with Gasteiger partial charge in [0.15, 0.2) is 5.92 Å². The van der Waals surface area contributed by atoms with Crippen LogP contribution < -0.4 is 9.47 Å². The third-order valence-electron chi connectivity index (χ3n) is 2.13. The number of carbonyl (C=O) groups is 1. The molecule has 0 fully saturated rings. The van der Waals surface area contributed by atoms with Gasteiger partial charge in [0.05, 0.1) is 20.3 Å². The van der Waals surface area contributed by atoms with Crippen LogP contribution in [0.1, 0.15) is 11.5 Å². The molecule has 5 nitrogen and oxygen atoms in total. The van der Waals surface area contributed by atoms with Crippen molar-refractivity contribution in [3.05, 3.63) is 23.8 Å². The van der Waals surface area contributed by atoms with Crippen molar-refractivity contribution in [2.75, 3.05) is 14.2 Å². The Morgan fingerprint density at radius 1 is 1.44 bits per heavy atom. The lowest BCUT2D eigenvalue weighted by molar-refractivity contribution is -0.137. The molecule has 0 aromatic heterocycles. The van der Waals surface area contributed by atoms with Gasteiger partial charge in [-0.3, -0.25) is 4.79 Å². The Hall–Kier alpha value is -2.22. The Morgan fingerprint density at radius 2 is 2.12 bits per heavy atom. The van der Waals surface area contributed by atoms with Gasteiger partial charge in [0.2, 0.25) is 0 Å². The van der Waals surface area contributed by atoms with Gasteiger partial charge in [-0.2, -0.15) is 5.26 Å². The minimum absolute atomic E-state index is 0.318. The molecule has 0 bridgehead atoms. The van der Waals surface area contributed by atoms with Crippen LogP contribution in [0.5, 0.6) is 11.5 Å². The first kappa shape index (κ1) is 11.9. The standard InChI is InChI=1S/C11H11NO4/c1-15-7-3-4-8(10(5-7)16-2)9(6-12)11(13)14/h3-5,9H,1-2H3,(H,13,14). The van der Waals surface area contributed by atoms with Crippen LogP contribution in [0, 0.1) is 11.3 Å². The molecule has 0 amide bonds. The van der Waals surface area contributed by atoms with Gasteiger partial charge in [0.1, 0.15) is 11.5 Å². The number of carboxylic acid groups (broad SMARTS) is 1. The summed E-state index contributed by atoms with van der Waals surface area (Å²) in [5.41, 5.74) is 0.318. The van der Waals surface area contributed by atoms with E-state index >= 15 is 0 Å². The Bertz CT molecular complexity index is 436. The van der Waals surface area contributed by atoms with Crippen LogP contribution in [-0.2, 0) is 4.79 Å². The molecule has 0 saturated heterocycles. The van der Waals surface area contributed by atoms with Gasteiger partial charge < -0.3 is 14.6 Å². The minimum Gasteiger partial charge on any atom is -0.497 e. The molecule has 16 heavy (non-hydrogen) atoms. The van der Waals surface area contributed by atoms with Crippen molar-refractivity contribution in [3.8, 4) is 17.6 Å². The molecule has 0 radical (unpaired) electrons. The van der Waals surface area contributed by atoms with Crippen molar-refractivity contribution < 1.29 is 19.4 Å². The molecule has 1 N–H and O–H groups in total. The van der Waals surface area contributed by atoms with Gasteiger partial charge in [-0.25, -0.2) is 0 Å². The molecule has 0 saturated carbocycles. The highest BCUT2D eigenvalue weighted by Crippen LogP contribution is 2.30. The lowest BCUT2D eigenvalue weighted by atomic mass is 9.99. The van der Waals surface area contributed by atoms with Crippen LogP contribution in [-0.4, -0.2) is 25.3 Å². The van der Waals surface area contributed by atoms with Crippen LogP contribution in [0.25, 0.3) is 0 Å². The van der Waals surface area contributed by atoms with E-state index in [0.29, 0.717) is 17.1 Å². The predicted molar refractivity (Wildman–Crippen MR) is 55.5 cm³/mol. The highest BCUT2D eigenvalue weighted by Gasteiger charge is 2.23. The molecular weight excluding hydrogens is 210 g/mol. The zero-order valence-corrected chi connectivity index (χ0v) is 8.93. The van der Waals surface area contributed by atoms with Crippen molar-refractivity contribution in [1.82, 2.24) is 0 Å². The largest absolute Gasteiger partial charge is 0.497 e. The van der Waals surface area contributed by atoms with Crippen LogP contribution in [0.3, 0.4) is 0 Å². The van der Waals surface area contributed by atoms with E-state index in [1.54, 1.807) is 18.2 Å². The van der Waals surface area contributed by atoms with Gasteiger partial charge in [0.25, 0.3) is 0 Å². The topological polar surface area (TPSA) is 79.5 Å².